The quantitative estimate of drug-likeness (QED) is 0.105. The van der Waals surface area contributed by atoms with Gasteiger partial charge in [0.1, 0.15) is 61.5 Å². The maximum absolute atomic E-state index is 12.6. The summed E-state index contributed by atoms with van der Waals surface area (Å²) in [5.41, 5.74) is -0.156. The summed E-state index contributed by atoms with van der Waals surface area (Å²) in [4.78, 5) is 11.9. The Morgan fingerprint density at radius 1 is 0.729 bits per heavy atom. The van der Waals surface area contributed by atoms with Crippen LogP contribution in [-0.4, -0.2) is 171 Å². The Kier molecular flexibility index (Phi) is 12.7. The SMILES string of the molecule is CO[C@H]1C[C@@H](OC[C@H]2O[C@@H](OC[C@@H]3O[C@H](O[C@H]4CC[C@]5(C)[C@@H](CC[C@H]6[C@H]5CC[C@@]5(C)[C@H](C7=CC(=O)OC7)CC[C@]65O)C4)[C@@H](O)[C@H](O)[C@H]3O)[C@H](O)[C@H](O)[C@@H]2O)O[C@@H](C)[C@@H]1O. The molecule has 336 valence electrons. The van der Waals surface area contributed by atoms with Gasteiger partial charge in [-0.2, -0.15) is 0 Å². The second-order valence-electron chi connectivity index (χ2n) is 19.3. The van der Waals surface area contributed by atoms with E-state index < -0.39 is 98.2 Å². The number of hydrogen-bond donors (Lipinski definition) is 8. The number of hydrogen-bond acceptors (Lipinski definition) is 17. The van der Waals surface area contributed by atoms with Crippen molar-refractivity contribution < 1.29 is 83.5 Å². The van der Waals surface area contributed by atoms with Crippen molar-refractivity contribution in [2.45, 2.75) is 183 Å². The van der Waals surface area contributed by atoms with Crippen LogP contribution in [0.2, 0.25) is 0 Å². The molecule has 17 heteroatoms. The number of esters is 1. The van der Waals surface area contributed by atoms with Gasteiger partial charge in [0.2, 0.25) is 0 Å². The van der Waals surface area contributed by atoms with Crippen molar-refractivity contribution in [2.75, 3.05) is 26.9 Å². The monoisotopic (exact) mass is 842 g/mol. The highest BCUT2D eigenvalue weighted by molar-refractivity contribution is 5.85. The number of carbonyl (C=O) groups excluding carboxylic acids is 1. The minimum Gasteiger partial charge on any atom is -0.458 e. The van der Waals surface area contributed by atoms with Crippen LogP contribution >= 0.6 is 0 Å². The standard InChI is InChI=1S/C42H66O17/c1-19-31(44)26(52-4)15-30(56-19)54-17-27-32(45)34(47)36(49)38(58-27)55-18-28-33(46)35(48)37(50)39(59-28)57-22-7-10-40(2)21(14-22)5-6-25-24(40)8-11-41(3)23(9-12-42(25,41)51)20-13-29(43)53-16-20/h13,19,21-28,30-39,44-51H,5-12,14-18H2,1-4H3/t19-,21-,22-,23-,24+,25-,26-,27+,28-,30-,31-,32+,33-,34+,35+,36+,37-,38+,39-,40+,41-,42-/m0/s1. The number of methoxy groups -OCH3 is 1. The molecule has 8 aliphatic rings. The second-order valence-corrected chi connectivity index (χ2v) is 19.3. The van der Waals surface area contributed by atoms with Crippen LogP contribution in [0.25, 0.3) is 0 Å². The number of carbonyl (C=O) groups is 1. The Balaban J connectivity index is 0.861. The van der Waals surface area contributed by atoms with E-state index in [1.54, 1.807) is 13.0 Å². The van der Waals surface area contributed by atoms with Gasteiger partial charge in [-0.1, -0.05) is 13.8 Å². The molecule has 4 saturated carbocycles. The lowest BCUT2D eigenvalue weighted by molar-refractivity contribution is -0.342. The summed E-state index contributed by atoms with van der Waals surface area (Å²) < 4.78 is 46.1. The van der Waals surface area contributed by atoms with E-state index in [1.165, 1.54) is 7.11 Å². The summed E-state index contributed by atoms with van der Waals surface area (Å²) >= 11 is 0. The average molecular weight is 843 g/mol. The van der Waals surface area contributed by atoms with Crippen LogP contribution < -0.4 is 0 Å². The predicted octanol–water partition coefficient (Wildman–Crippen LogP) is -0.212. The fourth-order valence-electron chi connectivity index (χ4n) is 12.8. The Morgan fingerprint density at radius 2 is 1.41 bits per heavy atom. The lowest BCUT2D eigenvalue weighted by Crippen LogP contribution is -2.63. The van der Waals surface area contributed by atoms with Crippen molar-refractivity contribution in [3.8, 4) is 0 Å². The fourth-order valence-corrected chi connectivity index (χ4v) is 12.8. The molecule has 0 aromatic carbocycles. The number of aliphatic hydroxyl groups is 8. The first-order chi connectivity index (χ1) is 28.0. The molecule has 0 amide bonds. The minimum atomic E-state index is -1.69. The van der Waals surface area contributed by atoms with Crippen LogP contribution in [0.4, 0.5) is 0 Å². The number of aliphatic hydroxyl groups excluding tert-OH is 7. The average Bonchev–Trinajstić information content (AvgIpc) is 3.77. The molecule has 7 fully saturated rings. The van der Waals surface area contributed by atoms with Crippen molar-refractivity contribution in [3.05, 3.63) is 11.6 Å². The van der Waals surface area contributed by atoms with E-state index >= 15 is 0 Å². The molecule has 17 nitrogen and oxygen atoms in total. The molecule has 22 atom stereocenters. The normalized spacial score (nSPS) is 53.9. The molecule has 3 saturated heterocycles. The Hall–Kier alpha value is -1.39. The van der Waals surface area contributed by atoms with Crippen LogP contribution in [-0.2, 0) is 42.7 Å². The van der Waals surface area contributed by atoms with Gasteiger partial charge in [-0.15, -0.1) is 0 Å². The first-order valence-corrected chi connectivity index (χ1v) is 21.7. The van der Waals surface area contributed by atoms with E-state index in [0.29, 0.717) is 37.7 Å². The lowest BCUT2D eigenvalue weighted by atomic mass is 9.43. The van der Waals surface area contributed by atoms with E-state index in [9.17, 15) is 45.6 Å². The van der Waals surface area contributed by atoms with E-state index in [2.05, 4.69) is 13.8 Å². The highest BCUT2D eigenvalue weighted by Gasteiger charge is 2.68. The van der Waals surface area contributed by atoms with E-state index in [4.69, 9.17) is 37.9 Å². The first kappa shape index (κ1) is 44.2. The van der Waals surface area contributed by atoms with Gasteiger partial charge in [0, 0.05) is 25.0 Å². The largest absolute Gasteiger partial charge is 0.458 e. The molecule has 8 N–H and O–H groups in total. The van der Waals surface area contributed by atoms with Gasteiger partial charge >= 0.3 is 5.97 Å². The smallest absolute Gasteiger partial charge is 0.331 e. The zero-order valence-corrected chi connectivity index (χ0v) is 34.5. The highest BCUT2D eigenvalue weighted by atomic mass is 16.7. The molecule has 4 aliphatic heterocycles. The number of ether oxygens (including phenoxy) is 8. The van der Waals surface area contributed by atoms with Gasteiger partial charge < -0.3 is 78.7 Å². The Labute approximate surface area is 344 Å². The highest BCUT2D eigenvalue weighted by Crippen LogP contribution is 2.70. The molecule has 4 heterocycles. The summed E-state index contributed by atoms with van der Waals surface area (Å²) in [6.07, 6.45) is -8.63. The minimum absolute atomic E-state index is 0.0275. The Morgan fingerprint density at radius 3 is 2.08 bits per heavy atom. The van der Waals surface area contributed by atoms with E-state index in [0.717, 1.165) is 44.1 Å². The summed E-state index contributed by atoms with van der Waals surface area (Å²) in [7, 11) is 1.47. The molecular formula is C42H66O17. The van der Waals surface area contributed by atoms with Crippen LogP contribution in [0.5, 0.6) is 0 Å². The van der Waals surface area contributed by atoms with Gasteiger partial charge in [-0.05, 0) is 99.4 Å². The topological polar surface area (TPSA) is 253 Å². The molecule has 0 radical (unpaired) electrons. The molecule has 0 aromatic rings. The maximum atomic E-state index is 12.6. The molecule has 4 aliphatic carbocycles. The van der Waals surface area contributed by atoms with Gasteiger partial charge in [0.25, 0.3) is 0 Å². The zero-order valence-electron chi connectivity index (χ0n) is 34.5. The van der Waals surface area contributed by atoms with Gasteiger partial charge in [-0.3, -0.25) is 0 Å². The van der Waals surface area contributed by atoms with Crippen LogP contribution in [0.1, 0.15) is 85.0 Å². The van der Waals surface area contributed by atoms with Gasteiger partial charge in [0.15, 0.2) is 18.9 Å². The number of fused-ring (bicyclic) bond motifs is 5. The third-order valence-corrected chi connectivity index (χ3v) is 16.4. The third-order valence-electron chi connectivity index (χ3n) is 16.4. The first-order valence-electron chi connectivity index (χ1n) is 21.7. The van der Waals surface area contributed by atoms with Crippen molar-refractivity contribution in [3.63, 3.8) is 0 Å². The van der Waals surface area contributed by atoms with Crippen LogP contribution in [0.15, 0.2) is 11.6 Å². The molecule has 0 unspecified atom stereocenters. The van der Waals surface area contributed by atoms with Crippen molar-refractivity contribution in [2.24, 2.45) is 34.5 Å². The van der Waals surface area contributed by atoms with Crippen LogP contribution in [0, 0.1) is 34.5 Å². The van der Waals surface area contributed by atoms with E-state index in [-0.39, 0.29) is 47.8 Å². The second kappa shape index (κ2) is 17.0. The summed E-state index contributed by atoms with van der Waals surface area (Å²) in [5.74, 6) is 0.615. The summed E-state index contributed by atoms with van der Waals surface area (Å²) in [6, 6.07) is 0. The predicted molar refractivity (Wildman–Crippen MR) is 202 cm³/mol. The molecule has 0 aromatic heterocycles. The molecular weight excluding hydrogens is 776 g/mol. The summed E-state index contributed by atoms with van der Waals surface area (Å²) in [6.45, 7) is 5.86. The third kappa shape index (κ3) is 7.75. The number of cyclic esters (lactones) is 1. The van der Waals surface area contributed by atoms with E-state index in [1.807, 2.05) is 0 Å². The van der Waals surface area contributed by atoms with Crippen molar-refractivity contribution in [1.82, 2.24) is 0 Å². The van der Waals surface area contributed by atoms with Gasteiger partial charge in [0.05, 0.1) is 37.1 Å². The lowest BCUT2D eigenvalue weighted by Gasteiger charge is -2.64. The maximum Gasteiger partial charge on any atom is 0.331 e. The Bertz CT molecular complexity index is 1530. The number of rotatable bonds is 10. The van der Waals surface area contributed by atoms with Gasteiger partial charge in [-0.25, -0.2) is 4.79 Å². The molecule has 8 rings (SSSR count). The van der Waals surface area contributed by atoms with Crippen LogP contribution in [0.3, 0.4) is 0 Å². The fraction of sp³-hybridized carbons (Fsp3) is 0.929. The molecule has 59 heavy (non-hydrogen) atoms. The zero-order chi connectivity index (χ0) is 42.2. The summed E-state index contributed by atoms with van der Waals surface area (Å²) in [5, 5.41) is 87.7. The molecule has 0 spiro atoms. The molecule has 0 bridgehead atoms. The van der Waals surface area contributed by atoms with Crippen molar-refractivity contribution >= 4 is 5.97 Å². The van der Waals surface area contributed by atoms with Crippen molar-refractivity contribution in [1.29, 1.82) is 0 Å².